The standard InChI is InChI=1S/C30H33BrO12/c1-16(32)39-15-26-27(40-17(2)33)28(41-18(3)34)29(42-19(4)35)30(36-5,43-26)22-7-8-23(31)21(14-22)12-20-6-9-24-25(13-20)38-11-10-37-24/h6-9,13-14,26-29H,10-12,15H2,1-5H3/t26-,27-,28+,29-,30?/m1/s1. The lowest BCUT2D eigenvalue weighted by molar-refractivity contribution is -0.367. The van der Waals surface area contributed by atoms with Crippen LogP contribution in [0.4, 0.5) is 0 Å². The summed E-state index contributed by atoms with van der Waals surface area (Å²) in [7, 11) is 1.33. The minimum Gasteiger partial charge on any atom is -0.486 e. The zero-order valence-electron chi connectivity index (χ0n) is 24.4. The summed E-state index contributed by atoms with van der Waals surface area (Å²) >= 11 is 3.61. The molecule has 2 aliphatic rings. The van der Waals surface area contributed by atoms with Crippen LogP contribution in [-0.2, 0) is 59.8 Å². The van der Waals surface area contributed by atoms with Crippen molar-refractivity contribution in [3.8, 4) is 11.5 Å². The van der Waals surface area contributed by atoms with Gasteiger partial charge in [0.15, 0.2) is 23.7 Å². The van der Waals surface area contributed by atoms with Gasteiger partial charge in [0.1, 0.15) is 25.9 Å². The highest BCUT2D eigenvalue weighted by Crippen LogP contribution is 2.44. The number of hydrogen-bond donors (Lipinski definition) is 0. The SMILES string of the molecule is COC1(c2ccc(Br)c(Cc3ccc4c(c3)OCCO4)c2)O[C@H](COC(C)=O)[C@@H](OC(C)=O)[C@H](OC(C)=O)[C@H]1OC(C)=O. The largest absolute Gasteiger partial charge is 0.486 e. The number of benzene rings is 2. The van der Waals surface area contributed by atoms with E-state index in [9.17, 15) is 19.2 Å². The van der Waals surface area contributed by atoms with Gasteiger partial charge in [-0.25, -0.2) is 0 Å². The molecule has 2 heterocycles. The second-order valence-electron chi connectivity index (χ2n) is 9.97. The van der Waals surface area contributed by atoms with Gasteiger partial charge in [-0.15, -0.1) is 0 Å². The van der Waals surface area contributed by atoms with Gasteiger partial charge in [-0.3, -0.25) is 19.2 Å². The molecule has 0 radical (unpaired) electrons. The lowest BCUT2D eigenvalue weighted by Crippen LogP contribution is -2.67. The molecule has 2 aromatic rings. The quantitative estimate of drug-likeness (QED) is 0.286. The predicted octanol–water partition coefficient (Wildman–Crippen LogP) is 3.37. The van der Waals surface area contributed by atoms with Crippen molar-refractivity contribution in [3.05, 3.63) is 57.6 Å². The summed E-state index contributed by atoms with van der Waals surface area (Å²) in [5, 5.41) is 0. The summed E-state index contributed by atoms with van der Waals surface area (Å²) in [4.78, 5) is 48.5. The summed E-state index contributed by atoms with van der Waals surface area (Å²) < 4.78 is 46.5. The maximum Gasteiger partial charge on any atom is 0.303 e. The van der Waals surface area contributed by atoms with Gasteiger partial charge in [0.2, 0.25) is 11.9 Å². The summed E-state index contributed by atoms with van der Waals surface area (Å²) in [6.07, 6.45) is -4.90. The number of halogens is 1. The molecule has 4 rings (SSSR count). The van der Waals surface area contributed by atoms with Crippen LogP contribution < -0.4 is 9.47 Å². The van der Waals surface area contributed by atoms with E-state index in [0.717, 1.165) is 29.4 Å². The van der Waals surface area contributed by atoms with Crippen LogP contribution in [0.5, 0.6) is 11.5 Å². The average Bonchev–Trinajstić information content (AvgIpc) is 2.95. The van der Waals surface area contributed by atoms with Gasteiger partial charge in [0, 0.05) is 44.8 Å². The van der Waals surface area contributed by atoms with Crippen LogP contribution in [0.25, 0.3) is 0 Å². The van der Waals surface area contributed by atoms with Gasteiger partial charge >= 0.3 is 23.9 Å². The van der Waals surface area contributed by atoms with E-state index in [1.807, 2.05) is 18.2 Å². The summed E-state index contributed by atoms with van der Waals surface area (Å²) in [6.45, 7) is 5.24. The van der Waals surface area contributed by atoms with Crippen LogP contribution >= 0.6 is 15.9 Å². The highest BCUT2D eigenvalue weighted by molar-refractivity contribution is 9.10. The topological polar surface area (TPSA) is 142 Å². The maximum atomic E-state index is 12.4. The minimum absolute atomic E-state index is 0.385. The number of hydrogen-bond acceptors (Lipinski definition) is 12. The van der Waals surface area contributed by atoms with Crippen molar-refractivity contribution in [1.82, 2.24) is 0 Å². The predicted molar refractivity (Wildman–Crippen MR) is 151 cm³/mol. The summed E-state index contributed by atoms with van der Waals surface area (Å²) in [5.41, 5.74) is 2.12. The molecule has 0 amide bonds. The van der Waals surface area contributed by atoms with Crippen molar-refractivity contribution < 1.29 is 57.1 Å². The molecular weight excluding hydrogens is 632 g/mol. The normalized spacial score (nSPS) is 24.4. The van der Waals surface area contributed by atoms with Crippen LogP contribution in [-0.4, -0.2) is 75.2 Å². The van der Waals surface area contributed by atoms with Crippen LogP contribution in [0.3, 0.4) is 0 Å². The van der Waals surface area contributed by atoms with Crippen molar-refractivity contribution in [1.29, 1.82) is 0 Å². The zero-order valence-corrected chi connectivity index (χ0v) is 26.0. The molecule has 0 bridgehead atoms. The fraction of sp³-hybridized carbons (Fsp3) is 0.467. The smallest absolute Gasteiger partial charge is 0.303 e. The van der Waals surface area contributed by atoms with Gasteiger partial charge in [0.25, 0.3) is 0 Å². The highest BCUT2D eigenvalue weighted by Gasteiger charge is 2.61. The van der Waals surface area contributed by atoms with Crippen LogP contribution in [0, 0.1) is 0 Å². The maximum absolute atomic E-state index is 12.4. The third kappa shape index (κ3) is 7.46. The number of esters is 4. The fourth-order valence-corrected chi connectivity index (χ4v) is 5.51. The van der Waals surface area contributed by atoms with E-state index in [-0.39, 0.29) is 6.61 Å². The Labute approximate surface area is 256 Å². The molecule has 12 nitrogen and oxygen atoms in total. The Balaban J connectivity index is 1.82. The molecule has 2 aliphatic heterocycles. The Bertz CT molecular complexity index is 1380. The third-order valence-corrected chi connectivity index (χ3v) is 7.56. The molecule has 0 N–H and O–H groups in total. The lowest BCUT2D eigenvalue weighted by atomic mass is 9.86. The van der Waals surface area contributed by atoms with E-state index in [0.29, 0.717) is 36.7 Å². The van der Waals surface area contributed by atoms with E-state index in [2.05, 4.69) is 15.9 Å². The number of rotatable bonds is 9. The molecule has 0 saturated carbocycles. The number of ether oxygens (including phenoxy) is 8. The third-order valence-electron chi connectivity index (χ3n) is 6.79. The Morgan fingerprint density at radius 1 is 0.837 bits per heavy atom. The second kappa shape index (κ2) is 13.7. The number of carbonyl (C=O) groups excluding carboxylic acids is 4. The van der Waals surface area contributed by atoms with E-state index in [1.54, 1.807) is 18.2 Å². The van der Waals surface area contributed by atoms with Crippen molar-refractivity contribution in [2.75, 3.05) is 26.9 Å². The van der Waals surface area contributed by atoms with E-state index < -0.39 is 54.1 Å². The van der Waals surface area contributed by atoms with Crippen molar-refractivity contribution in [3.63, 3.8) is 0 Å². The zero-order chi connectivity index (χ0) is 31.3. The Morgan fingerprint density at radius 3 is 2.12 bits per heavy atom. The van der Waals surface area contributed by atoms with Crippen molar-refractivity contribution in [2.45, 2.75) is 64.3 Å². The van der Waals surface area contributed by atoms with Gasteiger partial charge in [-0.2, -0.15) is 0 Å². The first kappa shape index (κ1) is 32.2. The molecule has 0 spiro atoms. The van der Waals surface area contributed by atoms with Gasteiger partial charge < -0.3 is 37.9 Å². The molecule has 232 valence electrons. The number of methoxy groups -OCH3 is 1. The highest BCUT2D eigenvalue weighted by atomic mass is 79.9. The van der Waals surface area contributed by atoms with Crippen molar-refractivity contribution >= 4 is 39.8 Å². The molecule has 43 heavy (non-hydrogen) atoms. The van der Waals surface area contributed by atoms with Crippen LogP contribution in [0.1, 0.15) is 44.4 Å². The molecule has 1 unspecified atom stereocenters. The van der Waals surface area contributed by atoms with Crippen LogP contribution in [0.15, 0.2) is 40.9 Å². The lowest BCUT2D eigenvalue weighted by Gasteiger charge is -2.50. The average molecular weight is 665 g/mol. The molecule has 13 heteroatoms. The first-order valence-corrected chi connectivity index (χ1v) is 14.3. The molecule has 0 aromatic heterocycles. The molecule has 0 aliphatic carbocycles. The summed E-state index contributed by atoms with van der Waals surface area (Å²) in [6, 6.07) is 10.9. The second-order valence-corrected chi connectivity index (χ2v) is 10.8. The minimum atomic E-state index is -1.89. The first-order chi connectivity index (χ1) is 20.4. The molecule has 1 fully saturated rings. The Hall–Kier alpha value is -3.68. The van der Waals surface area contributed by atoms with Gasteiger partial charge in [0.05, 0.1) is 0 Å². The molecular formula is C30H33BrO12. The van der Waals surface area contributed by atoms with Gasteiger partial charge in [-0.05, 0) is 41.8 Å². The van der Waals surface area contributed by atoms with E-state index in [4.69, 9.17) is 37.9 Å². The first-order valence-electron chi connectivity index (χ1n) is 13.5. The number of carbonyl (C=O) groups is 4. The number of fused-ring (bicyclic) bond motifs is 1. The van der Waals surface area contributed by atoms with Gasteiger partial charge in [-0.1, -0.05) is 28.1 Å². The van der Waals surface area contributed by atoms with E-state index >= 15 is 0 Å². The van der Waals surface area contributed by atoms with E-state index in [1.165, 1.54) is 21.0 Å². The fourth-order valence-electron chi connectivity index (χ4n) is 5.12. The Morgan fingerprint density at radius 2 is 1.49 bits per heavy atom. The van der Waals surface area contributed by atoms with Crippen molar-refractivity contribution in [2.24, 2.45) is 0 Å². The molecule has 2 aromatic carbocycles. The van der Waals surface area contributed by atoms with Crippen LogP contribution in [0.2, 0.25) is 0 Å². The molecule has 1 saturated heterocycles. The molecule has 5 atom stereocenters. The summed E-state index contributed by atoms with van der Waals surface area (Å²) in [5.74, 6) is -3.41. The Kier molecular flexibility index (Phi) is 10.3. The monoisotopic (exact) mass is 664 g/mol.